The number of nitrogens with one attached hydrogen (secondary N) is 1. The van der Waals surface area contributed by atoms with Gasteiger partial charge in [0.2, 0.25) is 10.0 Å². The first kappa shape index (κ1) is 13.4. The molecule has 0 bridgehead atoms. The van der Waals surface area contributed by atoms with Gasteiger partial charge in [0.05, 0.1) is 5.75 Å². The third kappa shape index (κ3) is 3.03. The summed E-state index contributed by atoms with van der Waals surface area (Å²) in [6.07, 6.45) is 3.84. The van der Waals surface area contributed by atoms with E-state index in [0.29, 0.717) is 5.69 Å². The summed E-state index contributed by atoms with van der Waals surface area (Å²) in [6, 6.07) is 7.02. The predicted molar refractivity (Wildman–Crippen MR) is 73.5 cm³/mol. The second kappa shape index (κ2) is 4.90. The highest BCUT2D eigenvalue weighted by atomic mass is 32.2. The molecule has 0 saturated heterocycles. The standard InChI is InChI=1S/C13H20N2O2S/c1-2-13(7-4-8-13)15-18(16,17)10-11-5-3-6-12(14)9-11/h3,5-6,9,15H,2,4,7-8,10,14H2,1H3. The number of hydrogen-bond acceptors (Lipinski definition) is 3. The van der Waals surface area contributed by atoms with Crippen LogP contribution in [0.15, 0.2) is 24.3 Å². The van der Waals surface area contributed by atoms with Crippen molar-refractivity contribution in [2.45, 2.75) is 43.9 Å². The van der Waals surface area contributed by atoms with E-state index in [1.165, 1.54) is 0 Å². The zero-order valence-electron chi connectivity index (χ0n) is 10.6. The van der Waals surface area contributed by atoms with Gasteiger partial charge in [-0.15, -0.1) is 0 Å². The molecule has 0 radical (unpaired) electrons. The first-order valence-corrected chi connectivity index (χ1v) is 7.96. The Kier molecular flexibility index (Phi) is 3.64. The zero-order chi connectivity index (χ0) is 13.2. The summed E-state index contributed by atoms with van der Waals surface area (Å²) in [5, 5.41) is 0. The highest BCUT2D eigenvalue weighted by Crippen LogP contribution is 2.35. The molecule has 1 aliphatic carbocycles. The van der Waals surface area contributed by atoms with Crippen LogP contribution in [0.4, 0.5) is 5.69 Å². The Balaban J connectivity index is 2.08. The van der Waals surface area contributed by atoms with Crippen LogP contribution in [0.1, 0.15) is 38.2 Å². The minimum absolute atomic E-state index is 0.000208. The number of hydrogen-bond donors (Lipinski definition) is 2. The Bertz CT molecular complexity index is 516. The molecular weight excluding hydrogens is 248 g/mol. The number of rotatable bonds is 5. The van der Waals surface area contributed by atoms with Crippen molar-refractivity contribution in [1.29, 1.82) is 0 Å². The Morgan fingerprint density at radius 2 is 2.11 bits per heavy atom. The van der Waals surface area contributed by atoms with Crippen molar-refractivity contribution in [3.63, 3.8) is 0 Å². The van der Waals surface area contributed by atoms with Crippen molar-refractivity contribution in [3.8, 4) is 0 Å². The Morgan fingerprint density at radius 3 is 2.61 bits per heavy atom. The number of anilines is 1. The number of benzene rings is 1. The van der Waals surface area contributed by atoms with E-state index in [0.717, 1.165) is 31.2 Å². The van der Waals surface area contributed by atoms with E-state index in [1.54, 1.807) is 24.3 Å². The van der Waals surface area contributed by atoms with E-state index < -0.39 is 10.0 Å². The van der Waals surface area contributed by atoms with E-state index in [9.17, 15) is 8.42 Å². The topological polar surface area (TPSA) is 72.2 Å². The van der Waals surface area contributed by atoms with E-state index >= 15 is 0 Å². The van der Waals surface area contributed by atoms with Gasteiger partial charge in [-0.1, -0.05) is 19.1 Å². The fraction of sp³-hybridized carbons (Fsp3) is 0.538. The number of nitrogens with two attached hydrogens (primary N) is 1. The quantitative estimate of drug-likeness (QED) is 0.802. The smallest absolute Gasteiger partial charge is 0.216 e. The van der Waals surface area contributed by atoms with Crippen LogP contribution >= 0.6 is 0 Å². The van der Waals surface area contributed by atoms with Crippen LogP contribution < -0.4 is 10.5 Å². The minimum Gasteiger partial charge on any atom is -0.399 e. The van der Waals surface area contributed by atoms with Gasteiger partial charge >= 0.3 is 0 Å². The molecule has 4 nitrogen and oxygen atoms in total. The molecule has 5 heteroatoms. The maximum atomic E-state index is 12.1. The van der Waals surface area contributed by atoms with Crippen LogP contribution in [0.3, 0.4) is 0 Å². The molecule has 1 aromatic rings. The molecular formula is C13H20N2O2S. The van der Waals surface area contributed by atoms with Crippen LogP contribution in [-0.4, -0.2) is 14.0 Å². The van der Waals surface area contributed by atoms with Crippen LogP contribution in [-0.2, 0) is 15.8 Å². The van der Waals surface area contributed by atoms with Crippen molar-refractivity contribution in [3.05, 3.63) is 29.8 Å². The molecule has 2 rings (SSSR count). The fourth-order valence-electron chi connectivity index (χ4n) is 2.40. The zero-order valence-corrected chi connectivity index (χ0v) is 11.5. The lowest BCUT2D eigenvalue weighted by Gasteiger charge is -2.41. The Hall–Kier alpha value is -1.07. The van der Waals surface area contributed by atoms with Crippen LogP contribution in [0.2, 0.25) is 0 Å². The van der Waals surface area contributed by atoms with Crippen molar-refractivity contribution in [2.24, 2.45) is 0 Å². The fourth-order valence-corrected chi connectivity index (χ4v) is 4.10. The van der Waals surface area contributed by atoms with Crippen LogP contribution in [0, 0.1) is 0 Å². The Labute approximate surface area is 109 Å². The lowest BCUT2D eigenvalue weighted by atomic mass is 9.76. The SMILES string of the molecule is CCC1(NS(=O)(=O)Cc2cccc(N)c2)CCC1. The largest absolute Gasteiger partial charge is 0.399 e. The monoisotopic (exact) mass is 268 g/mol. The molecule has 100 valence electrons. The van der Waals surface area contributed by atoms with Gasteiger partial charge in [0.15, 0.2) is 0 Å². The summed E-state index contributed by atoms with van der Waals surface area (Å²) in [7, 11) is -3.29. The summed E-state index contributed by atoms with van der Waals surface area (Å²) >= 11 is 0. The molecule has 18 heavy (non-hydrogen) atoms. The molecule has 0 atom stereocenters. The van der Waals surface area contributed by atoms with Gasteiger partial charge in [0.1, 0.15) is 0 Å². The van der Waals surface area contributed by atoms with Crippen LogP contribution in [0.5, 0.6) is 0 Å². The summed E-state index contributed by atoms with van der Waals surface area (Å²) in [5.41, 5.74) is 6.78. The van der Waals surface area contributed by atoms with Gasteiger partial charge in [0.25, 0.3) is 0 Å². The highest BCUT2D eigenvalue weighted by molar-refractivity contribution is 7.88. The lowest BCUT2D eigenvalue weighted by molar-refractivity contribution is 0.213. The molecule has 0 aromatic heterocycles. The number of nitrogen functional groups attached to an aromatic ring is 1. The first-order chi connectivity index (χ1) is 8.45. The van der Waals surface area contributed by atoms with Gasteiger partial charge in [-0.05, 0) is 43.4 Å². The summed E-state index contributed by atoms with van der Waals surface area (Å²) in [4.78, 5) is 0. The molecule has 0 heterocycles. The maximum Gasteiger partial charge on any atom is 0.216 e. The van der Waals surface area contributed by atoms with Gasteiger partial charge in [0, 0.05) is 11.2 Å². The molecule has 1 saturated carbocycles. The van der Waals surface area contributed by atoms with Crippen molar-refractivity contribution in [1.82, 2.24) is 4.72 Å². The first-order valence-electron chi connectivity index (χ1n) is 6.31. The molecule has 1 fully saturated rings. The minimum atomic E-state index is -3.29. The molecule has 0 spiro atoms. The molecule has 0 amide bonds. The normalized spacial score (nSPS) is 18.3. The highest BCUT2D eigenvalue weighted by Gasteiger charge is 2.38. The Morgan fingerprint density at radius 1 is 1.39 bits per heavy atom. The van der Waals surface area contributed by atoms with E-state index in [-0.39, 0.29) is 11.3 Å². The van der Waals surface area contributed by atoms with E-state index in [2.05, 4.69) is 4.72 Å². The molecule has 3 N–H and O–H groups in total. The second-order valence-corrected chi connectivity index (χ2v) is 6.82. The van der Waals surface area contributed by atoms with Gasteiger partial charge < -0.3 is 5.73 Å². The maximum absolute atomic E-state index is 12.1. The van der Waals surface area contributed by atoms with E-state index in [1.807, 2.05) is 6.92 Å². The number of sulfonamides is 1. The molecule has 0 aliphatic heterocycles. The van der Waals surface area contributed by atoms with Crippen LogP contribution in [0.25, 0.3) is 0 Å². The van der Waals surface area contributed by atoms with E-state index in [4.69, 9.17) is 5.73 Å². The molecule has 1 aliphatic rings. The predicted octanol–water partition coefficient (Wildman–Crippen LogP) is 2.02. The van der Waals surface area contributed by atoms with Gasteiger partial charge in [-0.2, -0.15) is 0 Å². The lowest BCUT2D eigenvalue weighted by Crippen LogP contribution is -2.53. The average molecular weight is 268 g/mol. The third-order valence-corrected chi connectivity index (χ3v) is 5.12. The van der Waals surface area contributed by atoms with Crippen molar-refractivity contribution in [2.75, 3.05) is 5.73 Å². The third-order valence-electron chi connectivity index (χ3n) is 3.67. The summed E-state index contributed by atoms with van der Waals surface area (Å²) in [6.45, 7) is 2.03. The molecule has 1 aromatic carbocycles. The molecule has 0 unspecified atom stereocenters. The second-order valence-electron chi connectivity index (χ2n) is 5.09. The summed E-state index contributed by atoms with van der Waals surface area (Å²) < 4.78 is 27.1. The average Bonchev–Trinajstić information content (AvgIpc) is 2.23. The summed E-state index contributed by atoms with van der Waals surface area (Å²) in [5.74, 6) is -0.000208. The van der Waals surface area contributed by atoms with Crippen molar-refractivity contribution >= 4 is 15.7 Å². The van der Waals surface area contributed by atoms with Crippen molar-refractivity contribution < 1.29 is 8.42 Å². The van der Waals surface area contributed by atoms with Gasteiger partial charge in [-0.3, -0.25) is 0 Å². The van der Waals surface area contributed by atoms with Gasteiger partial charge in [-0.25, -0.2) is 13.1 Å².